The molecule has 1 atom stereocenters. The molecular weight excluding hydrogens is 652 g/mol. The van der Waals surface area contributed by atoms with Gasteiger partial charge in [0.25, 0.3) is 5.56 Å². The molecule has 7 nitrogen and oxygen atoms in total. The molecule has 3 aromatic carbocycles. The topological polar surface area (TPSA) is 79.1 Å². The van der Waals surface area contributed by atoms with Crippen LogP contribution < -0.4 is 24.4 Å². The van der Waals surface area contributed by atoms with Gasteiger partial charge in [0.2, 0.25) is 0 Å². The molecule has 0 radical (unpaired) electrons. The van der Waals surface area contributed by atoms with Crippen LogP contribution in [0.3, 0.4) is 0 Å². The number of hydrogen-bond acceptors (Lipinski definition) is 7. The van der Waals surface area contributed by atoms with Crippen molar-refractivity contribution in [3.8, 4) is 11.5 Å². The zero-order chi connectivity index (χ0) is 30.7. The van der Waals surface area contributed by atoms with Gasteiger partial charge in [-0.2, -0.15) is 0 Å². The first-order chi connectivity index (χ1) is 20.7. The van der Waals surface area contributed by atoms with Crippen molar-refractivity contribution in [2.75, 3.05) is 6.61 Å². The zero-order valence-corrected chi connectivity index (χ0v) is 27.3. The molecule has 0 spiro atoms. The second kappa shape index (κ2) is 13.3. The predicted molar refractivity (Wildman–Crippen MR) is 173 cm³/mol. The Morgan fingerprint density at radius 3 is 2.58 bits per heavy atom. The van der Waals surface area contributed by atoms with Crippen LogP contribution in [0.25, 0.3) is 6.08 Å². The van der Waals surface area contributed by atoms with Crippen LogP contribution in [-0.4, -0.2) is 23.2 Å². The quantitative estimate of drug-likeness (QED) is 0.187. The van der Waals surface area contributed by atoms with Crippen LogP contribution in [0.4, 0.5) is 0 Å². The minimum atomic E-state index is -0.764. The first-order valence-electron chi connectivity index (χ1n) is 13.8. The third-order valence-electron chi connectivity index (χ3n) is 6.69. The second-order valence-corrected chi connectivity index (χ2v) is 12.3. The zero-order valence-electron chi connectivity index (χ0n) is 24.1. The average molecular weight is 682 g/mol. The maximum absolute atomic E-state index is 14.0. The van der Waals surface area contributed by atoms with E-state index in [0.29, 0.717) is 49.3 Å². The van der Waals surface area contributed by atoms with Gasteiger partial charge in [0, 0.05) is 16.1 Å². The van der Waals surface area contributed by atoms with Crippen molar-refractivity contribution in [3.63, 3.8) is 0 Å². The molecule has 0 aliphatic carbocycles. The SMILES string of the molecule is CCOC(=O)C1=C(C)N=c2s/c(=C/c3ccc(OCc4ccccc4Cl)c(Br)c3)c(=O)n2[C@@H]1c1ccccc1OC(C)C. The third-order valence-corrected chi connectivity index (χ3v) is 8.66. The number of thiazole rings is 1. The molecule has 2 heterocycles. The molecule has 5 rings (SSSR count). The van der Waals surface area contributed by atoms with Crippen molar-refractivity contribution in [1.82, 2.24) is 4.57 Å². The fourth-order valence-electron chi connectivity index (χ4n) is 4.80. The molecule has 0 amide bonds. The summed E-state index contributed by atoms with van der Waals surface area (Å²) in [4.78, 5) is 32.4. The number of carbonyl (C=O) groups is 1. The molecule has 0 unspecified atom stereocenters. The van der Waals surface area contributed by atoms with Gasteiger partial charge in [-0.25, -0.2) is 9.79 Å². The van der Waals surface area contributed by atoms with Gasteiger partial charge in [0.1, 0.15) is 24.1 Å². The Bertz CT molecular complexity index is 1900. The fourth-order valence-corrected chi connectivity index (χ4v) is 6.55. The molecule has 0 saturated heterocycles. The lowest BCUT2D eigenvalue weighted by Crippen LogP contribution is -2.40. The van der Waals surface area contributed by atoms with Crippen molar-refractivity contribution >= 4 is 50.9 Å². The maximum Gasteiger partial charge on any atom is 0.338 e. The molecule has 10 heteroatoms. The van der Waals surface area contributed by atoms with Gasteiger partial charge >= 0.3 is 5.97 Å². The molecule has 4 aromatic rings. The minimum absolute atomic E-state index is 0.108. The first-order valence-corrected chi connectivity index (χ1v) is 15.8. The smallest absolute Gasteiger partial charge is 0.338 e. The molecular formula is C33H30BrClN2O5S. The van der Waals surface area contributed by atoms with E-state index >= 15 is 0 Å². The number of para-hydroxylation sites is 1. The van der Waals surface area contributed by atoms with Gasteiger partial charge in [-0.05, 0) is 79.5 Å². The first kappa shape index (κ1) is 30.8. The molecule has 1 aliphatic heterocycles. The predicted octanol–water partition coefficient (Wildman–Crippen LogP) is 6.58. The average Bonchev–Trinajstić information content (AvgIpc) is 3.26. The highest BCUT2D eigenvalue weighted by Gasteiger charge is 2.35. The van der Waals surface area contributed by atoms with Crippen molar-refractivity contribution < 1.29 is 19.0 Å². The Labute approximate surface area is 266 Å². The number of fused-ring (bicyclic) bond motifs is 1. The van der Waals surface area contributed by atoms with Crippen LogP contribution in [0.5, 0.6) is 11.5 Å². The number of rotatable bonds is 9. The molecule has 43 heavy (non-hydrogen) atoms. The van der Waals surface area contributed by atoms with Crippen LogP contribution in [-0.2, 0) is 16.1 Å². The standard InChI is InChI=1S/C33H30BrClN2O5S/c1-5-40-32(39)29-20(4)36-33-37(30(29)23-11-7-9-13-26(23)42-19(2)3)31(38)28(43-33)17-21-14-15-27(24(34)16-21)41-18-22-10-6-8-12-25(22)35/h6-17,19,30H,5,18H2,1-4H3/b28-17+/t30-/m1/s1. The summed E-state index contributed by atoms with van der Waals surface area (Å²) in [7, 11) is 0. The summed E-state index contributed by atoms with van der Waals surface area (Å²) in [6, 6.07) is 19.8. The van der Waals surface area contributed by atoms with Crippen molar-refractivity contribution in [3.05, 3.63) is 124 Å². The van der Waals surface area contributed by atoms with Gasteiger partial charge in [-0.15, -0.1) is 0 Å². The van der Waals surface area contributed by atoms with Crippen molar-refractivity contribution in [2.45, 2.75) is 46.4 Å². The van der Waals surface area contributed by atoms with Gasteiger partial charge in [0.05, 0.1) is 33.0 Å². The Morgan fingerprint density at radius 1 is 1.12 bits per heavy atom. The molecule has 0 fully saturated rings. The number of nitrogens with zero attached hydrogens (tertiary/aromatic N) is 2. The number of hydrogen-bond donors (Lipinski definition) is 0. The van der Waals surface area contributed by atoms with Crippen molar-refractivity contribution in [2.24, 2.45) is 4.99 Å². The van der Waals surface area contributed by atoms with E-state index in [4.69, 9.17) is 25.8 Å². The Balaban J connectivity index is 1.56. The van der Waals surface area contributed by atoms with E-state index in [2.05, 4.69) is 20.9 Å². The van der Waals surface area contributed by atoms with E-state index < -0.39 is 12.0 Å². The number of aromatic nitrogens is 1. The van der Waals surface area contributed by atoms with E-state index in [1.54, 1.807) is 18.4 Å². The number of benzene rings is 3. The molecule has 0 N–H and O–H groups in total. The molecule has 1 aliphatic rings. The van der Waals surface area contributed by atoms with Gasteiger partial charge in [-0.3, -0.25) is 9.36 Å². The highest BCUT2D eigenvalue weighted by atomic mass is 79.9. The van der Waals surface area contributed by atoms with Crippen LogP contribution in [0.15, 0.2) is 92.3 Å². The summed E-state index contributed by atoms with van der Waals surface area (Å²) in [5.41, 5.74) is 2.90. The highest BCUT2D eigenvalue weighted by molar-refractivity contribution is 9.10. The van der Waals surface area contributed by atoms with E-state index in [1.165, 1.54) is 11.3 Å². The van der Waals surface area contributed by atoms with Gasteiger partial charge in [-0.1, -0.05) is 65.4 Å². The summed E-state index contributed by atoms with van der Waals surface area (Å²) in [6.45, 7) is 7.89. The van der Waals surface area contributed by atoms with Crippen LogP contribution in [0.2, 0.25) is 5.02 Å². The van der Waals surface area contributed by atoms with Crippen LogP contribution in [0.1, 0.15) is 50.4 Å². The third kappa shape index (κ3) is 6.64. The van der Waals surface area contributed by atoms with E-state index in [1.807, 2.05) is 86.7 Å². The Hall–Kier alpha value is -3.66. The molecule has 0 bridgehead atoms. The monoisotopic (exact) mass is 680 g/mol. The van der Waals surface area contributed by atoms with Gasteiger partial charge in [0.15, 0.2) is 4.80 Å². The summed E-state index contributed by atoms with van der Waals surface area (Å²) in [6.07, 6.45) is 1.70. The maximum atomic E-state index is 14.0. The fraction of sp³-hybridized carbons (Fsp3) is 0.242. The Kier molecular flexibility index (Phi) is 9.54. The van der Waals surface area contributed by atoms with E-state index in [0.717, 1.165) is 15.6 Å². The number of carbonyl (C=O) groups excluding carboxylic acids is 1. The summed E-state index contributed by atoms with van der Waals surface area (Å²) in [5.74, 6) is 0.721. The lowest BCUT2D eigenvalue weighted by atomic mass is 9.95. The molecule has 1 aromatic heterocycles. The normalized spacial score (nSPS) is 14.9. The number of allylic oxidation sites excluding steroid dienone is 1. The summed E-state index contributed by atoms with van der Waals surface area (Å²) < 4.78 is 20.3. The van der Waals surface area contributed by atoms with Gasteiger partial charge < -0.3 is 14.2 Å². The molecule has 0 saturated carbocycles. The Morgan fingerprint density at radius 2 is 1.86 bits per heavy atom. The number of ether oxygens (including phenoxy) is 3. The number of esters is 1. The second-order valence-electron chi connectivity index (χ2n) is 10.1. The van der Waals surface area contributed by atoms with Crippen LogP contribution >= 0.6 is 38.9 Å². The molecule has 222 valence electrons. The minimum Gasteiger partial charge on any atom is -0.491 e. The van der Waals surface area contributed by atoms with E-state index in [9.17, 15) is 9.59 Å². The van der Waals surface area contributed by atoms with Crippen molar-refractivity contribution in [1.29, 1.82) is 0 Å². The summed E-state index contributed by atoms with van der Waals surface area (Å²) >= 11 is 11.1. The lowest BCUT2D eigenvalue weighted by molar-refractivity contribution is -0.139. The van der Waals surface area contributed by atoms with Crippen LogP contribution in [0, 0.1) is 0 Å². The van der Waals surface area contributed by atoms with E-state index in [-0.39, 0.29) is 18.3 Å². The number of halogens is 2. The largest absolute Gasteiger partial charge is 0.491 e. The lowest BCUT2D eigenvalue weighted by Gasteiger charge is -2.26. The highest BCUT2D eigenvalue weighted by Crippen LogP contribution is 2.36. The summed E-state index contributed by atoms with van der Waals surface area (Å²) in [5, 5.41) is 0.642.